The zero-order valence-corrected chi connectivity index (χ0v) is 21.5. The fraction of sp³-hybridized carbons (Fsp3) is 0.121. The van der Waals surface area contributed by atoms with Crippen molar-refractivity contribution < 1.29 is 14.7 Å². The van der Waals surface area contributed by atoms with E-state index in [0.717, 1.165) is 44.5 Å². The van der Waals surface area contributed by atoms with Gasteiger partial charge >= 0.3 is 5.97 Å². The van der Waals surface area contributed by atoms with Crippen LogP contribution >= 0.6 is 0 Å². The number of para-hydroxylation sites is 2. The Morgan fingerprint density at radius 2 is 1.56 bits per heavy atom. The van der Waals surface area contributed by atoms with Crippen LogP contribution in [0.1, 0.15) is 30.9 Å². The molecule has 0 bridgehead atoms. The van der Waals surface area contributed by atoms with Crippen LogP contribution in [0.5, 0.6) is 0 Å². The summed E-state index contributed by atoms with van der Waals surface area (Å²) in [4.78, 5) is 25.3. The maximum atomic E-state index is 13.3. The second-order valence-corrected chi connectivity index (χ2v) is 9.66. The first-order valence-electron chi connectivity index (χ1n) is 13.1. The Hall–Kier alpha value is -4.97. The average molecular weight is 514 g/mol. The van der Waals surface area contributed by atoms with Crippen LogP contribution in [0, 0.1) is 0 Å². The van der Waals surface area contributed by atoms with E-state index in [1.807, 2.05) is 36.4 Å². The van der Waals surface area contributed by atoms with Crippen LogP contribution < -0.4 is 5.01 Å². The molecule has 192 valence electrons. The van der Waals surface area contributed by atoms with Crippen LogP contribution in [0.2, 0.25) is 0 Å². The Kier molecular flexibility index (Phi) is 6.29. The minimum Gasteiger partial charge on any atom is -0.476 e. The van der Waals surface area contributed by atoms with Crippen LogP contribution in [0.3, 0.4) is 0 Å². The summed E-state index contributed by atoms with van der Waals surface area (Å²) in [7, 11) is 0. The lowest BCUT2D eigenvalue weighted by Crippen LogP contribution is -2.22. The molecular weight excluding hydrogens is 486 g/mol. The van der Waals surface area contributed by atoms with Crippen LogP contribution in [0.25, 0.3) is 33.6 Å². The number of benzene rings is 4. The Labute approximate surface area is 226 Å². The Morgan fingerprint density at radius 3 is 2.31 bits per heavy atom. The third-order valence-corrected chi connectivity index (χ3v) is 7.10. The molecule has 0 aliphatic carbocycles. The number of hydrogen-bond acceptors (Lipinski definition) is 3. The molecule has 6 heteroatoms. The monoisotopic (exact) mass is 513 g/mol. The lowest BCUT2D eigenvalue weighted by atomic mass is 10.0. The standard InChI is InChI=1S/C33H27N3O3/c1-2-3-9-22-14-17-24(18-15-22)35-29-13-8-7-12-26(29)27-20-23(16-19-30(27)35)21-28-31(33(38)39)34-36(32(28)37)25-10-5-4-6-11-25/h4-8,10-21H,2-3,9H2,1H3,(H,38,39)/b28-21-. The molecule has 6 rings (SSSR count). The number of aromatic nitrogens is 1. The number of hydrogen-bond donors (Lipinski definition) is 1. The van der Waals surface area contributed by atoms with Gasteiger partial charge in [0, 0.05) is 16.5 Å². The van der Waals surface area contributed by atoms with Gasteiger partial charge in [-0.2, -0.15) is 10.1 Å². The number of rotatable bonds is 7. The third-order valence-electron chi connectivity index (χ3n) is 7.10. The molecule has 39 heavy (non-hydrogen) atoms. The molecule has 1 aliphatic rings. The molecule has 5 aromatic rings. The van der Waals surface area contributed by atoms with Crippen molar-refractivity contribution in [3.05, 3.63) is 114 Å². The summed E-state index contributed by atoms with van der Waals surface area (Å²) in [6.45, 7) is 2.20. The lowest BCUT2D eigenvalue weighted by Gasteiger charge is -2.11. The summed E-state index contributed by atoms with van der Waals surface area (Å²) in [6.07, 6.45) is 5.03. The van der Waals surface area contributed by atoms with Crippen molar-refractivity contribution in [3.8, 4) is 5.69 Å². The van der Waals surface area contributed by atoms with E-state index in [1.165, 1.54) is 18.4 Å². The van der Waals surface area contributed by atoms with Gasteiger partial charge in [0.05, 0.1) is 22.3 Å². The Bertz CT molecular complexity index is 1780. The first kappa shape index (κ1) is 24.4. The number of aliphatic carboxylic acids is 1. The second-order valence-electron chi connectivity index (χ2n) is 9.66. The molecule has 1 amide bonds. The molecule has 1 aromatic heterocycles. The average Bonchev–Trinajstić information content (AvgIpc) is 3.47. The van der Waals surface area contributed by atoms with Gasteiger partial charge in [-0.25, -0.2) is 4.79 Å². The van der Waals surface area contributed by atoms with E-state index >= 15 is 0 Å². The molecule has 0 unspecified atom stereocenters. The molecule has 0 radical (unpaired) electrons. The van der Waals surface area contributed by atoms with Crippen molar-refractivity contribution >= 4 is 51.2 Å². The molecule has 0 spiro atoms. The van der Waals surface area contributed by atoms with E-state index in [0.29, 0.717) is 5.69 Å². The molecular formula is C33H27N3O3. The SMILES string of the molecule is CCCCc1ccc(-n2c3ccccc3c3cc(/C=C4\C(=O)N(c5ccccc5)N=C4C(=O)O)ccc32)cc1. The summed E-state index contributed by atoms with van der Waals surface area (Å²) in [6, 6.07) is 31.7. The number of carbonyl (C=O) groups excluding carboxylic acids is 1. The molecule has 0 fully saturated rings. The molecule has 1 aliphatic heterocycles. The quantitative estimate of drug-likeness (QED) is 0.238. The van der Waals surface area contributed by atoms with Crippen molar-refractivity contribution in [2.45, 2.75) is 26.2 Å². The van der Waals surface area contributed by atoms with E-state index in [2.05, 4.69) is 53.0 Å². The van der Waals surface area contributed by atoms with Gasteiger partial charge in [-0.05, 0) is 72.5 Å². The minimum absolute atomic E-state index is 0.0529. The van der Waals surface area contributed by atoms with Crippen LogP contribution in [-0.2, 0) is 16.0 Å². The highest BCUT2D eigenvalue weighted by Crippen LogP contribution is 2.34. The normalized spacial score (nSPS) is 14.5. The van der Waals surface area contributed by atoms with Crippen molar-refractivity contribution in [2.24, 2.45) is 5.10 Å². The van der Waals surface area contributed by atoms with Gasteiger partial charge in [0.1, 0.15) is 0 Å². The summed E-state index contributed by atoms with van der Waals surface area (Å²) < 4.78 is 2.24. The maximum absolute atomic E-state index is 13.3. The lowest BCUT2D eigenvalue weighted by molar-refractivity contribution is -0.129. The smallest absolute Gasteiger partial charge is 0.357 e. The number of fused-ring (bicyclic) bond motifs is 3. The first-order chi connectivity index (χ1) is 19.0. The van der Waals surface area contributed by atoms with Gasteiger partial charge in [-0.15, -0.1) is 0 Å². The number of hydrazone groups is 1. The molecule has 1 N–H and O–H groups in total. The predicted molar refractivity (Wildman–Crippen MR) is 156 cm³/mol. The van der Waals surface area contributed by atoms with Gasteiger partial charge in [-0.1, -0.05) is 67.9 Å². The second kappa shape index (κ2) is 10.1. The highest BCUT2D eigenvalue weighted by molar-refractivity contribution is 6.53. The largest absolute Gasteiger partial charge is 0.476 e. The number of carboxylic acid groups (broad SMARTS) is 1. The highest BCUT2D eigenvalue weighted by atomic mass is 16.4. The van der Waals surface area contributed by atoms with E-state index in [-0.39, 0.29) is 11.3 Å². The van der Waals surface area contributed by atoms with Crippen LogP contribution in [-0.4, -0.2) is 27.3 Å². The highest BCUT2D eigenvalue weighted by Gasteiger charge is 2.35. The number of carbonyl (C=O) groups is 2. The number of nitrogens with zero attached hydrogens (tertiary/aromatic N) is 3. The van der Waals surface area contributed by atoms with Gasteiger partial charge in [-0.3, -0.25) is 4.79 Å². The van der Waals surface area contributed by atoms with Gasteiger partial charge < -0.3 is 9.67 Å². The fourth-order valence-electron chi connectivity index (χ4n) is 5.16. The van der Waals surface area contributed by atoms with E-state index < -0.39 is 11.9 Å². The molecule has 6 nitrogen and oxygen atoms in total. The van der Waals surface area contributed by atoms with Gasteiger partial charge in [0.15, 0.2) is 5.71 Å². The number of amides is 1. The van der Waals surface area contributed by atoms with Gasteiger partial charge in [0.2, 0.25) is 0 Å². The van der Waals surface area contributed by atoms with E-state index in [4.69, 9.17) is 0 Å². The zero-order chi connectivity index (χ0) is 26.9. The maximum Gasteiger partial charge on any atom is 0.357 e. The van der Waals surface area contributed by atoms with E-state index in [1.54, 1.807) is 30.3 Å². The molecule has 4 aromatic carbocycles. The molecule has 0 saturated carbocycles. The van der Waals surface area contributed by atoms with Crippen molar-refractivity contribution in [3.63, 3.8) is 0 Å². The molecule has 0 saturated heterocycles. The van der Waals surface area contributed by atoms with Gasteiger partial charge in [0.25, 0.3) is 5.91 Å². The fourth-order valence-corrected chi connectivity index (χ4v) is 5.16. The molecule has 2 heterocycles. The van der Waals surface area contributed by atoms with Crippen molar-refractivity contribution in [1.29, 1.82) is 0 Å². The molecule has 0 atom stereocenters. The number of anilines is 1. The summed E-state index contributed by atoms with van der Waals surface area (Å²) >= 11 is 0. The third kappa shape index (κ3) is 4.40. The van der Waals surface area contributed by atoms with Crippen molar-refractivity contribution in [1.82, 2.24) is 4.57 Å². The summed E-state index contributed by atoms with van der Waals surface area (Å²) in [5.41, 5.74) is 5.56. The number of unbranched alkanes of at least 4 members (excludes halogenated alkanes) is 1. The predicted octanol–water partition coefficient (Wildman–Crippen LogP) is 7.00. The Balaban J connectivity index is 1.44. The van der Waals surface area contributed by atoms with Crippen LogP contribution in [0.4, 0.5) is 5.69 Å². The topological polar surface area (TPSA) is 74.9 Å². The number of aryl methyl sites for hydroxylation is 1. The first-order valence-corrected chi connectivity index (χ1v) is 13.1. The summed E-state index contributed by atoms with van der Waals surface area (Å²) in [5, 5.41) is 17.2. The summed E-state index contributed by atoms with van der Waals surface area (Å²) in [5.74, 6) is -1.71. The van der Waals surface area contributed by atoms with E-state index in [9.17, 15) is 14.7 Å². The zero-order valence-electron chi connectivity index (χ0n) is 21.5. The Morgan fingerprint density at radius 1 is 0.846 bits per heavy atom. The van der Waals surface area contributed by atoms with Crippen LogP contribution in [0.15, 0.2) is 108 Å². The van der Waals surface area contributed by atoms with Crippen molar-refractivity contribution in [2.75, 3.05) is 5.01 Å². The minimum atomic E-state index is -1.24. The number of carboxylic acids is 1.